The zero-order valence-corrected chi connectivity index (χ0v) is 11.3. The van der Waals surface area contributed by atoms with Crippen LogP contribution in [0.15, 0.2) is 24.7 Å². The van der Waals surface area contributed by atoms with Crippen molar-refractivity contribution < 1.29 is 0 Å². The maximum atomic E-state index is 4.50. The van der Waals surface area contributed by atoms with Crippen LogP contribution in [-0.2, 0) is 6.54 Å². The minimum atomic E-state index is 0.297. The first-order valence-electron chi connectivity index (χ1n) is 7.09. The van der Waals surface area contributed by atoms with Gasteiger partial charge in [-0.15, -0.1) is 0 Å². The fourth-order valence-corrected chi connectivity index (χ4v) is 2.83. The van der Waals surface area contributed by atoms with E-state index in [1.165, 1.54) is 36.9 Å². The highest BCUT2D eigenvalue weighted by Crippen LogP contribution is 2.29. The SMILES string of the molecule is CC(NCc1ccnn1C1CCCC1)c1cn[nH]c1. The third kappa shape index (κ3) is 2.71. The van der Waals surface area contributed by atoms with E-state index in [0.29, 0.717) is 12.1 Å². The molecule has 0 bridgehead atoms. The van der Waals surface area contributed by atoms with Gasteiger partial charge < -0.3 is 5.32 Å². The molecular weight excluding hydrogens is 238 g/mol. The van der Waals surface area contributed by atoms with Gasteiger partial charge in [-0.3, -0.25) is 9.78 Å². The molecule has 2 aromatic heterocycles. The molecule has 3 rings (SSSR count). The molecule has 5 nitrogen and oxygen atoms in total. The smallest absolute Gasteiger partial charge is 0.0534 e. The summed E-state index contributed by atoms with van der Waals surface area (Å²) in [5, 5.41) is 14.9. The van der Waals surface area contributed by atoms with E-state index in [1.807, 2.05) is 18.6 Å². The lowest BCUT2D eigenvalue weighted by Gasteiger charge is -2.16. The minimum absolute atomic E-state index is 0.297. The van der Waals surface area contributed by atoms with Crippen molar-refractivity contribution in [1.29, 1.82) is 0 Å². The Kier molecular flexibility index (Phi) is 3.64. The minimum Gasteiger partial charge on any atom is -0.304 e. The zero-order valence-electron chi connectivity index (χ0n) is 11.3. The Morgan fingerprint density at radius 2 is 2.32 bits per heavy atom. The Labute approximate surface area is 113 Å². The second kappa shape index (κ2) is 5.57. The maximum absolute atomic E-state index is 4.50. The summed E-state index contributed by atoms with van der Waals surface area (Å²) in [5.74, 6) is 0. The molecule has 0 amide bonds. The van der Waals surface area contributed by atoms with Crippen LogP contribution in [-0.4, -0.2) is 20.0 Å². The van der Waals surface area contributed by atoms with Crippen LogP contribution in [0.3, 0.4) is 0 Å². The van der Waals surface area contributed by atoms with Crippen molar-refractivity contribution in [2.45, 2.75) is 51.2 Å². The molecule has 1 saturated carbocycles. The highest BCUT2D eigenvalue weighted by Gasteiger charge is 2.19. The average molecular weight is 259 g/mol. The van der Waals surface area contributed by atoms with Gasteiger partial charge in [0, 0.05) is 30.5 Å². The molecule has 0 spiro atoms. The van der Waals surface area contributed by atoms with Crippen LogP contribution < -0.4 is 5.32 Å². The lowest BCUT2D eigenvalue weighted by molar-refractivity contribution is 0.435. The van der Waals surface area contributed by atoms with Crippen molar-refractivity contribution in [3.8, 4) is 0 Å². The third-order valence-electron chi connectivity index (χ3n) is 4.03. The molecule has 0 aliphatic heterocycles. The van der Waals surface area contributed by atoms with Gasteiger partial charge in [0.2, 0.25) is 0 Å². The Morgan fingerprint density at radius 1 is 1.47 bits per heavy atom. The summed E-state index contributed by atoms with van der Waals surface area (Å²) in [6.45, 7) is 3.00. The van der Waals surface area contributed by atoms with Crippen molar-refractivity contribution >= 4 is 0 Å². The molecule has 19 heavy (non-hydrogen) atoms. The predicted molar refractivity (Wildman–Crippen MR) is 73.6 cm³/mol. The summed E-state index contributed by atoms with van der Waals surface area (Å²) in [6.07, 6.45) is 10.9. The summed E-state index contributed by atoms with van der Waals surface area (Å²) in [6, 6.07) is 3.02. The molecule has 1 unspecified atom stereocenters. The van der Waals surface area contributed by atoms with E-state index >= 15 is 0 Å². The molecule has 0 aromatic carbocycles. The molecule has 1 aliphatic carbocycles. The summed E-state index contributed by atoms with van der Waals surface area (Å²) in [5.41, 5.74) is 2.47. The zero-order chi connectivity index (χ0) is 13.1. The number of H-pyrrole nitrogens is 1. The van der Waals surface area contributed by atoms with E-state index in [2.05, 4.69) is 38.3 Å². The van der Waals surface area contributed by atoms with Gasteiger partial charge in [-0.25, -0.2) is 0 Å². The van der Waals surface area contributed by atoms with Gasteiger partial charge in [-0.2, -0.15) is 10.2 Å². The molecule has 2 aromatic rings. The van der Waals surface area contributed by atoms with Gasteiger partial charge in [0.05, 0.1) is 17.9 Å². The van der Waals surface area contributed by atoms with Crippen LogP contribution in [0.1, 0.15) is 55.9 Å². The van der Waals surface area contributed by atoms with E-state index in [-0.39, 0.29) is 0 Å². The number of aromatic amines is 1. The van der Waals surface area contributed by atoms with Crippen molar-refractivity contribution in [2.24, 2.45) is 0 Å². The van der Waals surface area contributed by atoms with E-state index in [0.717, 1.165) is 6.54 Å². The lowest BCUT2D eigenvalue weighted by atomic mass is 10.2. The Morgan fingerprint density at radius 3 is 3.05 bits per heavy atom. The summed E-state index contributed by atoms with van der Waals surface area (Å²) >= 11 is 0. The monoisotopic (exact) mass is 259 g/mol. The number of hydrogen-bond donors (Lipinski definition) is 2. The van der Waals surface area contributed by atoms with E-state index in [9.17, 15) is 0 Å². The Hall–Kier alpha value is -1.62. The molecular formula is C14H21N5. The highest BCUT2D eigenvalue weighted by molar-refractivity contribution is 5.09. The summed E-state index contributed by atoms with van der Waals surface area (Å²) in [7, 11) is 0. The van der Waals surface area contributed by atoms with Crippen LogP contribution >= 0.6 is 0 Å². The second-order valence-corrected chi connectivity index (χ2v) is 5.34. The summed E-state index contributed by atoms with van der Waals surface area (Å²) in [4.78, 5) is 0. The quantitative estimate of drug-likeness (QED) is 0.867. The first kappa shape index (κ1) is 12.4. The maximum Gasteiger partial charge on any atom is 0.0534 e. The molecule has 0 radical (unpaired) electrons. The number of aromatic nitrogens is 4. The van der Waals surface area contributed by atoms with E-state index < -0.39 is 0 Å². The van der Waals surface area contributed by atoms with Gasteiger partial charge in [0.15, 0.2) is 0 Å². The summed E-state index contributed by atoms with van der Waals surface area (Å²) < 4.78 is 2.21. The van der Waals surface area contributed by atoms with Gasteiger partial charge in [-0.1, -0.05) is 12.8 Å². The molecule has 2 heterocycles. The molecule has 1 aliphatic rings. The fraction of sp³-hybridized carbons (Fsp3) is 0.571. The van der Waals surface area contributed by atoms with Gasteiger partial charge in [0.1, 0.15) is 0 Å². The fourth-order valence-electron chi connectivity index (χ4n) is 2.83. The Balaban J connectivity index is 1.62. The van der Waals surface area contributed by atoms with Crippen LogP contribution in [0, 0.1) is 0 Å². The molecule has 5 heteroatoms. The number of hydrogen-bond acceptors (Lipinski definition) is 3. The third-order valence-corrected chi connectivity index (χ3v) is 4.03. The Bertz CT molecular complexity index is 496. The average Bonchev–Trinajstić information content (AvgIpc) is 3.14. The van der Waals surface area contributed by atoms with E-state index in [1.54, 1.807) is 0 Å². The van der Waals surface area contributed by atoms with Crippen LogP contribution in [0.2, 0.25) is 0 Å². The van der Waals surface area contributed by atoms with Gasteiger partial charge in [-0.05, 0) is 25.8 Å². The van der Waals surface area contributed by atoms with E-state index in [4.69, 9.17) is 0 Å². The number of rotatable bonds is 5. The van der Waals surface area contributed by atoms with Crippen LogP contribution in [0.5, 0.6) is 0 Å². The molecule has 1 fully saturated rings. The number of nitrogens with one attached hydrogen (secondary N) is 2. The van der Waals surface area contributed by atoms with Gasteiger partial charge in [0.25, 0.3) is 0 Å². The van der Waals surface area contributed by atoms with Crippen molar-refractivity contribution in [3.63, 3.8) is 0 Å². The molecule has 1 atom stereocenters. The van der Waals surface area contributed by atoms with Crippen LogP contribution in [0.4, 0.5) is 0 Å². The molecule has 102 valence electrons. The van der Waals surface area contributed by atoms with Crippen LogP contribution in [0.25, 0.3) is 0 Å². The topological polar surface area (TPSA) is 58.5 Å². The second-order valence-electron chi connectivity index (χ2n) is 5.34. The number of nitrogens with zero attached hydrogens (tertiary/aromatic N) is 3. The highest BCUT2D eigenvalue weighted by atomic mass is 15.3. The first-order chi connectivity index (χ1) is 9.34. The largest absolute Gasteiger partial charge is 0.304 e. The van der Waals surface area contributed by atoms with Crippen molar-refractivity contribution in [3.05, 3.63) is 35.9 Å². The lowest BCUT2D eigenvalue weighted by Crippen LogP contribution is -2.21. The molecule has 2 N–H and O–H groups in total. The van der Waals surface area contributed by atoms with Crippen molar-refractivity contribution in [2.75, 3.05) is 0 Å². The first-order valence-corrected chi connectivity index (χ1v) is 7.09. The van der Waals surface area contributed by atoms with Gasteiger partial charge >= 0.3 is 0 Å². The van der Waals surface area contributed by atoms with Crippen molar-refractivity contribution in [1.82, 2.24) is 25.3 Å². The standard InChI is InChI=1S/C14H21N5/c1-11(12-8-16-17-9-12)15-10-14-6-7-18-19(14)13-4-2-3-5-13/h6-9,11,13,15H,2-5,10H2,1H3,(H,16,17). The predicted octanol–water partition coefficient (Wildman–Crippen LogP) is 2.57. The normalized spacial score (nSPS) is 17.9. The molecule has 0 saturated heterocycles.